The number of esters is 1. The Morgan fingerprint density at radius 3 is 2.40 bits per heavy atom. The van der Waals surface area contributed by atoms with Gasteiger partial charge >= 0.3 is 5.97 Å². The van der Waals surface area contributed by atoms with Gasteiger partial charge < -0.3 is 4.74 Å². The average molecular weight is 212 g/mol. The Labute approximate surface area is 93.4 Å². The number of ether oxygens (including phenoxy) is 1. The van der Waals surface area contributed by atoms with Crippen LogP contribution in [0.5, 0.6) is 0 Å². The minimum Gasteiger partial charge on any atom is -0.462 e. The molecule has 15 heavy (non-hydrogen) atoms. The van der Waals surface area contributed by atoms with Crippen LogP contribution in [0.3, 0.4) is 0 Å². The highest BCUT2D eigenvalue weighted by molar-refractivity contribution is 5.76. The Morgan fingerprint density at radius 2 is 1.93 bits per heavy atom. The molecule has 1 aliphatic rings. The van der Waals surface area contributed by atoms with Crippen LogP contribution >= 0.6 is 0 Å². The van der Waals surface area contributed by atoms with Gasteiger partial charge in [0.25, 0.3) is 0 Å². The normalized spacial score (nSPS) is 19.7. The number of carbonyl (C=O) groups is 1. The summed E-state index contributed by atoms with van der Waals surface area (Å²) in [4.78, 5) is 12.0. The quantitative estimate of drug-likeness (QED) is 0.602. The van der Waals surface area contributed by atoms with Crippen molar-refractivity contribution < 1.29 is 9.53 Å². The zero-order chi connectivity index (χ0) is 11.3. The smallest absolute Gasteiger partial charge is 0.312 e. The Kier molecular flexibility index (Phi) is 4.62. The first-order valence-electron chi connectivity index (χ1n) is 6.33. The van der Waals surface area contributed by atoms with E-state index < -0.39 is 0 Å². The van der Waals surface area contributed by atoms with Crippen molar-refractivity contribution in [1.82, 2.24) is 0 Å². The van der Waals surface area contributed by atoms with Crippen LogP contribution in [0.1, 0.15) is 65.7 Å². The standard InChI is InChI=1S/C13H24O2/c1-4-6-10-13(3,9-5-2)12(14)15-11-7-8-11/h11H,4-10H2,1-3H3. The van der Waals surface area contributed by atoms with Crippen LogP contribution in [-0.2, 0) is 9.53 Å². The van der Waals surface area contributed by atoms with Crippen molar-refractivity contribution in [1.29, 1.82) is 0 Å². The molecule has 0 aromatic carbocycles. The maximum atomic E-state index is 12.0. The summed E-state index contributed by atoms with van der Waals surface area (Å²) in [5, 5.41) is 0. The second-order valence-electron chi connectivity index (χ2n) is 5.02. The van der Waals surface area contributed by atoms with Crippen molar-refractivity contribution >= 4 is 5.97 Å². The molecule has 88 valence electrons. The molecule has 0 N–H and O–H groups in total. The van der Waals surface area contributed by atoms with E-state index in [0.29, 0.717) is 0 Å². The Hall–Kier alpha value is -0.530. The van der Waals surface area contributed by atoms with Gasteiger partial charge in [-0.15, -0.1) is 0 Å². The number of hydrogen-bond donors (Lipinski definition) is 0. The predicted octanol–water partition coefficient (Wildman–Crippen LogP) is 3.69. The molecule has 2 nitrogen and oxygen atoms in total. The van der Waals surface area contributed by atoms with Crippen LogP contribution in [-0.4, -0.2) is 12.1 Å². The number of hydrogen-bond acceptors (Lipinski definition) is 2. The minimum absolute atomic E-state index is 0.0419. The summed E-state index contributed by atoms with van der Waals surface area (Å²) in [6, 6.07) is 0. The molecule has 1 atom stereocenters. The lowest BCUT2D eigenvalue weighted by Crippen LogP contribution is -2.30. The van der Waals surface area contributed by atoms with Crippen LogP contribution in [0.4, 0.5) is 0 Å². The van der Waals surface area contributed by atoms with Gasteiger partial charge in [0.2, 0.25) is 0 Å². The molecule has 0 radical (unpaired) electrons. The Morgan fingerprint density at radius 1 is 1.27 bits per heavy atom. The highest BCUT2D eigenvalue weighted by atomic mass is 16.5. The molecular formula is C13H24O2. The van der Waals surface area contributed by atoms with Gasteiger partial charge in [0.1, 0.15) is 6.10 Å². The van der Waals surface area contributed by atoms with Crippen molar-refractivity contribution in [2.75, 3.05) is 0 Å². The molecule has 0 saturated heterocycles. The van der Waals surface area contributed by atoms with Crippen molar-refractivity contribution in [3.63, 3.8) is 0 Å². The fraction of sp³-hybridized carbons (Fsp3) is 0.923. The Balaban J connectivity index is 2.47. The average Bonchev–Trinajstić information content (AvgIpc) is 2.99. The van der Waals surface area contributed by atoms with Crippen LogP contribution in [0.15, 0.2) is 0 Å². The second kappa shape index (κ2) is 5.53. The van der Waals surface area contributed by atoms with Gasteiger partial charge in [-0.2, -0.15) is 0 Å². The molecular weight excluding hydrogens is 188 g/mol. The fourth-order valence-electron chi connectivity index (χ4n) is 1.93. The molecule has 1 unspecified atom stereocenters. The van der Waals surface area contributed by atoms with E-state index in [1.807, 2.05) is 0 Å². The van der Waals surface area contributed by atoms with Gasteiger partial charge in [0.05, 0.1) is 5.41 Å². The van der Waals surface area contributed by atoms with Crippen LogP contribution in [0.2, 0.25) is 0 Å². The van der Waals surface area contributed by atoms with Crippen molar-refractivity contribution in [3.05, 3.63) is 0 Å². The van der Waals surface area contributed by atoms with Crippen LogP contribution in [0, 0.1) is 5.41 Å². The summed E-state index contributed by atoms with van der Waals surface area (Å²) in [7, 11) is 0. The van der Waals surface area contributed by atoms with Crippen molar-refractivity contribution in [2.24, 2.45) is 5.41 Å². The van der Waals surface area contributed by atoms with E-state index in [9.17, 15) is 4.79 Å². The van der Waals surface area contributed by atoms with E-state index in [0.717, 1.165) is 44.9 Å². The monoisotopic (exact) mass is 212 g/mol. The van der Waals surface area contributed by atoms with E-state index in [1.54, 1.807) is 0 Å². The van der Waals surface area contributed by atoms with E-state index in [2.05, 4.69) is 20.8 Å². The molecule has 1 saturated carbocycles. The number of rotatable bonds is 7. The molecule has 1 fully saturated rings. The largest absolute Gasteiger partial charge is 0.462 e. The zero-order valence-electron chi connectivity index (χ0n) is 10.3. The van der Waals surface area contributed by atoms with E-state index in [-0.39, 0.29) is 17.5 Å². The SMILES string of the molecule is CCCCC(C)(CCC)C(=O)OC1CC1. The molecule has 0 aromatic heterocycles. The second-order valence-corrected chi connectivity index (χ2v) is 5.02. The highest BCUT2D eigenvalue weighted by Gasteiger charge is 2.37. The third-order valence-electron chi connectivity index (χ3n) is 3.17. The summed E-state index contributed by atoms with van der Waals surface area (Å²) in [6.45, 7) is 6.37. The van der Waals surface area contributed by atoms with Gasteiger partial charge in [-0.25, -0.2) is 0 Å². The molecule has 1 aliphatic carbocycles. The summed E-state index contributed by atoms with van der Waals surface area (Å²) in [6.07, 6.45) is 7.65. The zero-order valence-corrected chi connectivity index (χ0v) is 10.3. The van der Waals surface area contributed by atoms with Gasteiger partial charge in [-0.05, 0) is 32.6 Å². The lowest BCUT2D eigenvalue weighted by molar-refractivity contribution is -0.157. The first-order chi connectivity index (χ1) is 7.12. The van der Waals surface area contributed by atoms with Crippen LogP contribution in [0.25, 0.3) is 0 Å². The van der Waals surface area contributed by atoms with E-state index in [4.69, 9.17) is 4.74 Å². The fourth-order valence-corrected chi connectivity index (χ4v) is 1.93. The first-order valence-corrected chi connectivity index (χ1v) is 6.33. The van der Waals surface area contributed by atoms with Crippen LogP contribution < -0.4 is 0 Å². The summed E-state index contributed by atoms with van der Waals surface area (Å²) < 4.78 is 5.44. The molecule has 2 heteroatoms. The lowest BCUT2D eigenvalue weighted by atomic mass is 9.81. The predicted molar refractivity (Wildman–Crippen MR) is 61.7 cm³/mol. The third-order valence-corrected chi connectivity index (χ3v) is 3.17. The summed E-state index contributed by atoms with van der Waals surface area (Å²) >= 11 is 0. The maximum absolute atomic E-state index is 12.0. The molecule has 0 spiro atoms. The molecule has 0 heterocycles. The van der Waals surface area contributed by atoms with E-state index in [1.165, 1.54) is 0 Å². The third kappa shape index (κ3) is 3.84. The lowest BCUT2D eigenvalue weighted by Gasteiger charge is -2.26. The number of carbonyl (C=O) groups excluding carboxylic acids is 1. The summed E-state index contributed by atoms with van der Waals surface area (Å²) in [5.41, 5.74) is -0.229. The highest BCUT2D eigenvalue weighted by Crippen LogP contribution is 2.34. The van der Waals surface area contributed by atoms with Crippen molar-refractivity contribution in [2.45, 2.75) is 71.8 Å². The molecule has 0 aliphatic heterocycles. The maximum Gasteiger partial charge on any atom is 0.312 e. The van der Waals surface area contributed by atoms with E-state index >= 15 is 0 Å². The Bertz CT molecular complexity index is 209. The summed E-state index contributed by atoms with van der Waals surface area (Å²) in [5.74, 6) is 0.0419. The molecule has 0 bridgehead atoms. The van der Waals surface area contributed by atoms with Crippen molar-refractivity contribution in [3.8, 4) is 0 Å². The minimum atomic E-state index is -0.229. The molecule has 0 amide bonds. The number of unbranched alkanes of at least 4 members (excludes halogenated alkanes) is 1. The van der Waals surface area contributed by atoms with Gasteiger partial charge in [0, 0.05) is 0 Å². The van der Waals surface area contributed by atoms with Gasteiger partial charge in [0.15, 0.2) is 0 Å². The topological polar surface area (TPSA) is 26.3 Å². The molecule has 1 rings (SSSR count). The molecule has 0 aromatic rings. The van der Waals surface area contributed by atoms with Gasteiger partial charge in [-0.1, -0.05) is 33.1 Å². The van der Waals surface area contributed by atoms with Gasteiger partial charge in [-0.3, -0.25) is 4.79 Å². The first kappa shape index (κ1) is 12.5.